The number of nitrogens with two attached hydrogens (primary N) is 1. The van der Waals surface area contributed by atoms with E-state index in [-0.39, 0.29) is 0 Å². The first kappa shape index (κ1) is 10.7. The molecule has 17 heavy (non-hydrogen) atoms. The summed E-state index contributed by atoms with van der Waals surface area (Å²) < 4.78 is 0. The van der Waals surface area contributed by atoms with Gasteiger partial charge in [-0.05, 0) is 22.4 Å². The molecule has 0 fully saturated rings. The van der Waals surface area contributed by atoms with Gasteiger partial charge in [0.2, 0.25) is 0 Å². The number of thiophene rings is 1. The van der Waals surface area contributed by atoms with Crippen molar-refractivity contribution in [3.63, 3.8) is 0 Å². The third kappa shape index (κ3) is 1.92. The average Bonchev–Trinajstić information content (AvgIpc) is 2.90. The molecule has 0 bridgehead atoms. The zero-order valence-electron chi connectivity index (χ0n) is 8.96. The number of guanidine groups is 1. The molecule has 0 unspecified atom stereocenters. The quantitative estimate of drug-likeness (QED) is 0.782. The highest BCUT2D eigenvalue weighted by Gasteiger charge is 2.19. The molecule has 3 heterocycles. The average molecular weight is 267 g/mol. The lowest BCUT2D eigenvalue weighted by atomic mass is 10.1. The molecule has 0 saturated heterocycles. The summed E-state index contributed by atoms with van der Waals surface area (Å²) in [5.74, 6) is 0.444. The van der Waals surface area contributed by atoms with E-state index in [1.165, 1.54) is 5.56 Å². The van der Waals surface area contributed by atoms with Gasteiger partial charge in [0.05, 0.1) is 17.9 Å². The predicted octanol–water partition coefficient (Wildman–Crippen LogP) is 2.56. The monoisotopic (exact) mass is 266 g/mol. The number of hydrogen-bond donors (Lipinski definition) is 3. The number of hydrogen-bond acceptors (Lipinski definition) is 4. The Morgan fingerprint density at radius 2 is 2.41 bits per heavy atom. The number of H-pyrrole nitrogens is 1. The fourth-order valence-electron chi connectivity index (χ4n) is 1.93. The highest BCUT2D eigenvalue weighted by molar-refractivity contribution is 7.07. The van der Waals surface area contributed by atoms with Crippen LogP contribution in [0.4, 0.5) is 5.69 Å². The first-order valence-electron chi connectivity index (χ1n) is 5.21. The third-order valence-corrected chi connectivity index (χ3v) is 3.81. The Kier molecular flexibility index (Phi) is 2.57. The van der Waals surface area contributed by atoms with E-state index in [0.717, 1.165) is 23.4 Å². The van der Waals surface area contributed by atoms with Gasteiger partial charge in [-0.15, -0.1) is 0 Å². The van der Waals surface area contributed by atoms with Crippen LogP contribution in [0, 0.1) is 0 Å². The maximum absolute atomic E-state index is 6.22. The lowest BCUT2D eigenvalue weighted by Gasteiger charge is -2.13. The molecule has 1 aliphatic heterocycles. The first-order chi connectivity index (χ1) is 8.24. The Bertz CT molecular complexity index is 571. The molecule has 4 N–H and O–H groups in total. The second-order valence-electron chi connectivity index (χ2n) is 3.91. The molecule has 0 aliphatic carbocycles. The Labute approximate surface area is 108 Å². The minimum atomic E-state index is 0.444. The van der Waals surface area contributed by atoms with Crippen molar-refractivity contribution < 1.29 is 0 Å². The molecule has 2 aromatic heterocycles. The molecule has 88 valence electrons. The Hall–Kier alpha value is -1.46. The molecule has 2 aromatic rings. The van der Waals surface area contributed by atoms with Gasteiger partial charge in [0.1, 0.15) is 5.15 Å². The van der Waals surface area contributed by atoms with Crippen LogP contribution in [0.15, 0.2) is 21.8 Å². The number of nitrogens with zero attached hydrogens (tertiary/aromatic N) is 1. The Morgan fingerprint density at radius 3 is 3.18 bits per heavy atom. The van der Waals surface area contributed by atoms with E-state index < -0.39 is 0 Å². The summed E-state index contributed by atoms with van der Waals surface area (Å²) in [5, 5.41) is 7.92. The molecule has 0 saturated carbocycles. The molecule has 0 amide bonds. The van der Waals surface area contributed by atoms with Crippen LogP contribution >= 0.6 is 22.9 Å². The van der Waals surface area contributed by atoms with Crippen LogP contribution in [0.3, 0.4) is 0 Å². The van der Waals surface area contributed by atoms with Gasteiger partial charge in [-0.3, -0.25) is 0 Å². The topological polar surface area (TPSA) is 66.2 Å². The summed E-state index contributed by atoms with van der Waals surface area (Å²) in [5.41, 5.74) is 9.97. The number of aromatic amines is 1. The summed E-state index contributed by atoms with van der Waals surface area (Å²) in [7, 11) is 0. The van der Waals surface area contributed by atoms with E-state index in [4.69, 9.17) is 17.3 Å². The molecule has 0 aromatic carbocycles. The number of nitrogens with one attached hydrogen (secondary N) is 2. The molecule has 6 heteroatoms. The van der Waals surface area contributed by atoms with E-state index in [0.29, 0.717) is 17.7 Å². The molecule has 0 spiro atoms. The highest BCUT2D eigenvalue weighted by atomic mass is 35.5. The summed E-state index contributed by atoms with van der Waals surface area (Å²) in [6.45, 7) is 0.553. The highest BCUT2D eigenvalue weighted by Crippen LogP contribution is 2.32. The van der Waals surface area contributed by atoms with Crippen molar-refractivity contribution in [2.45, 2.75) is 13.0 Å². The van der Waals surface area contributed by atoms with Gasteiger partial charge in [0, 0.05) is 12.0 Å². The van der Waals surface area contributed by atoms with E-state index in [2.05, 4.69) is 32.1 Å². The van der Waals surface area contributed by atoms with Crippen molar-refractivity contribution in [1.82, 2.24) is 4.98 Å². The van der Waals surface area contributed by atoms with Crippen LogP contribution in [0.5, 0.6) is 0 Å². The maximum Gasteiger partial charge on any atom is 0.193 e. The van der Waals surface area contributed by atoms with Crippen molar-refractivity contribution in [3.05, 3.63) is 38.8 Å². The molecular weight excluding hydrogens is 256 g/mol. The van der Waals surface area contributed by atoms with Gasteiger partial charge < -0.3 is 16.0 Å². The number of fused-ring (bicyclic) bond motifs is 1. The molecular formula is C11H11ClN4S. The van der Waals surface area contributed by atoms with Gasteiger partial charge in [0.15, 0.2) is 5.96 Å². The smallest absolute Gasteiger partial charge is 0.193 e. The van der Waals surface area contributed by atoms with Gasteiger partial charge in [-0.2, -0.15) is 11.3 Å². The number of aromatic nitrogens is 1. The Morgan fingerprint density at radius 1 is 1.53 bits per heavy atom. The van der Waals surface area contributed by atoms with Gasteiger partial charge in [-0.1, -0.05) is 11.6 Å². The zero-order chi connectivity index (χ0) is 11.8. The minimum Gasteiger partial charge on any atom is -0.370 e. The fourth-order valence-corrected chi connectivity index (χ4v) is 2.87. The van der Waals surface area contributed by atoms with Crippen molar-refractivity contribution in [2.75, 3.05) is 5.32 Å². The Balaban J connectivity index is 1.98. The van der Waals surface area contributed by atoms with Crippen LogP contribution in [0.25, 0.3) is 0 Å². The number of anilines is 1. The fraction of sp³-hybridized carbons (Fsp3) is 0.182. The lowest BCUT2D eigenvalue weighted by molar-refractivity contribution is 0.990. The molecule has 3 rings (SSSR count). The van der Waals surface area contributed by atoms with Gasteiger partial charge in [0.25, 0.3) is 0 Å². The van der Waals surface area contributed by atoms with E-state index in [9.17, 15) is 0 Å². The van der Waals surface area contributed by atoms with Gasteiger partial charge in [-0.25, -0.2) is 4.99 Å². The van der Waals surface area contributed by atoms with Crippen LogP contribution in [-0.4, -0.2) is 10.9 Å². The molecule has 4 nitrogen and oxygen atoms in total. The van der Waals surface area contributed by atoms with Crippen molar-refractivity contribution in [2.24, 2.45) is 10.7 Å². The van der Waals surface area contributed by atoms with E-state index in [1.807, 2.05) is 0 Å². The lowest BCUT2D eigenvalue weighted by Crippen LogP contribution is -2.26. The van der Waals surface area contributed by atoms with Crippen molar-refractivity contribution in [3.8, 4) is 0 Å². The van der Waals surface area contributed by atoms with Crippen LogP contribution in [0.2, 0.25) is 5.15 Å². The van der Waals surface area contributed by atoms with Crippen LogP contribution in [0.1, 0.15) is 16.8 Å². The summed E-state index contributed by atoms with van der Waals surface area (Å²) in [6.07, 6.45) is 0.800. The molecule has 0 atom stereocenters. The first-order valence-corrected chi connectivity index (χ1v) is 6.53. The summed E-state index contributed by atoms with van der Waals surface area (Å²) in [4.78, 5) is 7.26. The second-order valence-corrected chi connectivity index (χ2v) is 5.06. The molecule has 1 aliphatic rings. The number of aliphatic imine (C=N–C) groups is 1. The van der Waals surface area contributed by atoms with Gasteiger partial charge >= 0.3 is 0 Å². The standard InChI is InChI=1S/C11H11ClN4S/c12-10-7(3-6-1-2-17-5-6)9-8(15-10)4-14-11(13)16-9/h1-2,5,15H,3-4H2,(H3,13,14,16). The summed E-state index contributed by atoms with van der Waals surface area (Å²) in [6, 6.07) is 2.10. The van der Waals surface area contributed by atoms with E-state index in [1.54, 1.807) is 11.3 Å². The third-order valence-electron chi connectivity index (χ3n) is 2.75. The number of halogens is 1. The second kappa shape index (κ2) is 4.09. The molecule has 0 radical (unpaired) electrons. The van der Waals surface area contributed by atoms with Crippen molar-refractivity contribution in [1.29, 1.82) is 0 Å². The zero-order valence-corrected chi connectivity index (χ0v) is 10.5. The van der Waals surface area contributed by atoms with Crippen LogP contribution in [-0.2, 0) is 13.0 Å². The largest absolute Gasteiger partial charge is 0.370 e. The normalized spacial score (nSPS) is 14.1. The van der Waals surface area contributed by atoms with Crippen LogP contribution < -0.4 is 11.1 Å². The van der Waals surface area contributed by atoms with Crippen molar-refractivity contribution >= 4 is 34.6 Å². The minimum absolute atomic E-state index is 0.444. The SMILES string of the molecule is NC1=NCc2[nH]c(Cl)c(Cc3ccsc3)c2N1. The maximum atomic E-state index is 6.22. The predicted molar refractivity (Wildman–Crippen MR) is 71.9 cm³/mol. The van der Waals surface area contributed by atoms with E-state index >= 15 is 0 Å². The number of rotatable bonds is 2. The summed E-state index contributed by atoms with van der Waals surface area (Å²) >= 11 is 7.90.